The van der Waals surface area contributed by atoms with Crippen molar-refractivity contribution in [2.45, 2.75) is 19.9 Å². The molecule has 4 nitrogen and oxygen atoms in total. The van der Waals surface area contributed by atoms with Crippen LogP contribution in [0, 0.1) is 11.7 Å². The zero-order valence-electron chi connectivity index (χ0n) is 11.4. The van der Waals surface area contributed by atoms with Crippen molar-refractivity contribution in [3.05, 3.63) is 40.4 Å². The lowest BCUT2D eigenvalue weighted by Crippen LogP contribution is -2.03. The molecule has 0 spiro atoms. The van der Waals surface area contributed by atoms with Crippen LogP contribution in [-0.4, -0.2) is 23.8 Å². The summed E-state index contributed by atoms with van der Waals surface area (Å²) in [4.78, 5) is 3.05. The predicted octanol–water partition coefficient (Wildman–Crippen LogP) is 3.11. The lowest BCUT2D eigenvalue weighted by Gasteiger charge is -2.10. The average molecular weight is 278 g/mol. The third kappa shape index (κ3) is 2.98. The number of aromatic amines is 1. The summed E-state index contributed by atoms with van der Waals surface area (Å²) in [6, 6.07) is 5.98. The van der Waals surface area contributed by atoms with Gasteiger partial charge in [0.1, 0.15) is 0 Å². The number of aromatic nitrogens is 2. The summed E-state index contributed by atoms with van der Waals surface area (Å²) in [7, 11) is 3.29. The molecular formula is C14H18N2O2S. The second-order valence-electron chi connectivity index (χ2n) is 4.33. The Hall–Kier alpha value is -1.75. The van der Waals surface area contributed by atoms with E-state index in [2.05, 4.69) is 9.55 Å². The first kappa shape index (κ1) is 13.7. The lowest BCUT2D eigenvalue weighted by atomic mass is 10.1. The van der Waals surface area contributed by atoms with E-state index in [1.807, 2.05) is 31.3 Å². The molecule has 2 rings (SSSR count). The molecule has 1 aromatic carbocycles. The number of H-pyrrole nitrogens is 1. The van der Waals surface area contributed by atoms with Gasteiger partial charge in [-0.15, -0.1) is 0 Å². The van der Waals surface area contributed by atoms with Crippen molar-refractivity contribution >= 4 is 12.2 Å². The molecule has 1 N–H and O–H groups in total. The minimum absolute atomic E-state index is 0.751. The van der Waals surface area contributed by atoms with Gasteiger partial charge in [-0.1, -0.05) is 6.07 Å². The largest absolute Gasteiger partial charge is 0.493 e. The van der Waals surface area contributed by atoms with Crippen LogP contribution >= 0.6 is 12.2 Å². The Kier molecular flexibility index (Phi) is 4.27. The molecule has 2 aromatic rings. The van der Waals surface area contributed by atoms with E-state index in [4.69, 9.17) is 21.7 Å². The number of nitrogens with zero attached hydrogens (tertiary/aromatic N) is 1. The Morgan fingerprint density at radius 2 is 1.95 bits per heavy atom. The van der Waals surface area contributed by atoms with Gasteiger partial charge in [-0.2, -0.15) is 0 Å². The van der Waals surface area contributed by atoms with E-state index < -0.39 is 0 Å². The Labute approximate surface area is 118 Å². The maximum Gasteiger partial charge on any atom is 0.177 e. The molecule has 102 valence electrons. The zero-order chi connectivity index (χ0) is 13.8. The fourth-order valence-corrected chi connectivity index (χ4v) is 2.33. The van der Waals surface area contributed by atoms with E-state index in [1.54, 1.807) is 14.2 Å². The highest BCUT2D eigenvalue weighted by molar-refractivity contribution is 7.71. The highest BCUT2D eigenvalue weighted by atomic mass is 32.1. The SMILES string of the molecule is COc1ccc(CCn2c(C)c[nH]c2=S)cc1OC. The molecule has 0 radical (unpaired) electrons. The van der Waals surface area contributed by atoms with Crippen LogP contribution in [0.5, 0.6) is 11.5 Å². The van der Waals surface area contributed by atoms with Gasteiger partial charge in [-0.3, -0.25) is 0 Å². The van der Waals surface area contributed by atoms with Gasteiger partial charge in [0.25, 0.3) is 0 Å². The van der Waals surface area contributed by atoms with Crippen molar-refractivity contribution < 1.29 is 9.47 Å². The van der Waals surface area contributed by atoms with Crippen LogP contribution in [0.3, 0.4) is 0 Å². The predicted molar refractivity (Wildman–Crippen MR) is 77.6 cm³/mol. The number of imidazole rings is 1. The molecule has 5 heteroatoms. The molecule has 0 aliphatic heterocycles. The van der Waals surface area contributed by atoms with Crippen LogP contribution in [0.2, 0.25) is 0 Å². The van der Waals surface area contributed by atoms with Crippen LogP contribution < -0.4 is 9.47 Å². The van der Waals surface area contributed by atoms with E-state index >= 15 is 0 Å². The number of hydrogen-bond acceptors (Lipinski definition) is 3. The normalized spacial score (nSPS) is 10.5. The van der Waals surface area contributed by atoms with Gasteiger partial charge >= 0.3 is 0 Å². The maximum atomic E-state index is 5.30. The molecule has 0 saturated carbocycles. The van der Waals surface area contributed by atoms with Crippen molar-refractivity contribution in [1.82, 2.24) is 9.55 Å². The minimum atomic E-state index is 0.751. The zero-order valence-corrected chi connectivity index (χ0v) is 12.2. The fourth-order valence-electron chi connectivity index (χ4n) is 2.04. The van der Waals surface area contributed by atoms with Gasteiger partial charge in [0.15, 0.2) is 16.3 Å². The Morgan fingerprint density at radius 1 is 1.21 bits per heavy atom. The van der Waals surface area contributed by atoms with E-state index in [9.17, 15) is 0 Å². The highest BCUT2D eigenvalue weighted by Gasteiger charge is 2.05. The van der Waals surface area contributed by atoms with Crippen LogP contribution in [0.15, 0.2) is 24.4 Å². The van der Waals surface area contributed by atoms with Gasteiger partial charge in [0.05, 0.1) is 14.2 Å². The molecule has 0 aliphatic rings. The van der Waals surface area contributed by atoms with Gasteiger partial charge in [-0.05, 0) is 43.3 Å². The first-order valence-electron chi connectivity index (χ1n) is 6.11. The summed E-state index contributed by atoms with van der Waals surface area (Å²) >= 11 is 5.24. The molecule has 0 bridgehead atoms. The van der Waals surface area contributed by atoms with E-state index in [0.717, 1.165) is 34.9 Å². The topological polar surface area (TPSA) is 39.2 Å². The molecule has 0 fully saturated rings. The minimum Gasteiger partial charge on any atom is -0.493 e. The molecule has 1 aromatic heterocycles. The summed E-state index contributed by atoms with van der Waals surface area (Å²) in [6.45, 7) is 2.89. The van der Waals surface area contributed by atoms with Gasteiger partial charge in [0.2, 0.25) is 0 Å². The maximum absolute atomic E-state index is 5.30. The molecule has 0 amide bonds. The van der Waals surface area contributed by atoms with E-state index in [0.29, 0.717) is 0 Å². The number of benzene rings is 1. The number of rotatable bonds is 5. The first-order chi connectivity index (χ1) is 9.15. The van der Waals surface area contributed by atoms with E-state index in [1.165, 1.54) is 5.56 Å². The Balaban J connectivity index is 2.14. The summed E-state index contributed by atoms with van der Waals surface area (Å²) in [5.41, 5.74) is 2.34. The van der Waals surface area contributed by atoms with Crippen molar-refractivity contribution in [3.8, 4) is 11.5 Å². The molecule has 1 heterocycles. The number of aryl methyl sites for hydroxylation is 2. The van der Waals surface area contributed by atoms with Gasteiger partial charge in [-0.25, -0.2) is 0 Å². The van der Waals surface area contributed by atoms with Crippen LogP contribution in [-0.2, 0) is 13.0 Å². The monoisotopic (exact) mass is 278 g/mol. The van der Waals surface area contributed by atoms with Crippen molar-refractivity contribution in [1.29, 1.82) is 0 Å². The smallest absolute Gasteiger partial charge is 0.177 e. The first-order valence-corrected chi connectivity index (χ1v) is 6.52. The Bertz CT molecular complexity index is 616. The highest BCUT2D eigenvalue weighted by Crippen LogP contribution is 2.27. The standard InChI is InChI=1S/C14H18N2O2S/c1-10-9-15-14(19)16(10)7-6-11-4-5-12(17-2)13(8-11)18-3/h4-5,8-9H,6-7H2,1-3H3,(H,15,19). The average Bonchev–Trinajstić information content (AvgIpc) is 2.75. The summed E-state index contributed by atoms with van der Waals surface area (Å²) < 4.78 is 13.4. The van der Waals surface area contributed by atoms with Crippen LogP contribution in [0.1, 0.15) is 11.3 Å². The van der Waals surface area contributed by atoms with E-state index in [-0.39, 0.29) is 0 Å². The molecular weight excluding hydrogens is 260 g/mol. The summed E-state index contributed by atoms with van der Waals surface area (Å²) in [6.07, 6.45) is 2.82. The second kappa shape index (κ2) is 5.93. The molecule has 0 saturated heterocycles. The number of hydrogen-bond donors (Lipinski definition) is 1. The molecule has 0 unspecified atom stereocenters. The summed E-state index contributed by atoms with van der Waals surface area (Å²) in [5.74, 6) is 1.51. The number of ether oxygens (including phenoxy) is 2. The lowest BCUT2D eigenvalue weighted by molar-refractivity contribution is 0.354. The van der Waals surface area contributed by atoms with Crippen molar-refractivity contribution in [3.63, 3.8) is 0 Å². The molecule has 0 atom stereocenters. The molecule has 19 heavy (non-hydrogen) atoms. The number of nitrogens with one attached hydrogen (secondary N) is 1. The second-order valence-corrected chi connectivity index (χ2v) is 4.71. The summed E-state index contributed by atoms with van der Waals surface area (Å²) in [5, 5.41) is 0. The molecule has 0 aliphatic carbocycles. The fraction of sp³-hybridized carbons (Fsp3) is 0.357. The third-order valence-electron chi connectivity index (χ3n) is 3.15. The van der Waals surface area contributed by atoms with Crippen LogP contribution in [0.4, 0.5) is 0 Å². The van der Waals surface area contributed by atoms with Gasteiger partial charge < -0.3 is 19.0 Å². The third-order valence-corrected chi connectivity index (χ3v) is 3.49. The quantitative estimate of drug-likeness (QED) is 0.854. The van der Waals surface area contributed by atoms with Crippen molar-refractivity contribution in [2.24, 2.45) is 0 Å². The van der Waals surface area contributed by atoms with Crippen LogP contribution in [0.25, 0.3) is 0 Å². The number of methoxy groups -OCH3 is 2. The van der Waals surface area contributed by atoms with Crippen molar-refractivity contribution in [2.75, 3.05) is 14.2 Å². The Morgan fingerprint density at radius 3 is 2.53 bits per heavy atom. The van der Waals surface area contributed by atoms with Gasteiger partial charge in [0, 0.05) is 18.4 Å².